The minimum absolute atomic E-state index is 0.217. The van der Waals surface area contributed by atoms with E-state index in [4.69, 9.17) is 10.5 Å². The van der Waals surface area contributed by atoms with Gasteiger partial charge in [0.25, 0.3) is 0 Å². The van der Waals surface area contributed by atoms with Gasteiger partial charge in [-0.1, -0.05) is 0 Å². The van der Waals surface area contributed by atoms with Gasteiger partial charge in [0.15, 0.2) is 0 Å². The van der Waals surface area contributed by atoms with Gasteiger partial charge in [-0.25, -0.2) is 0 Å². The molecule has 1 aromatic rings. The fraction of sp³-hybridized carbons (Fsp3) is 0.750. The number of aromatic nitrogens is 2. The van der Waals surface area contributed by atoms with Crippen LogP contribution < -0.4 is 11.1 Å². The molecule has 1 aliphatic heterocycles. The summed E-state index contributed by atoms with van der Waals surface area (Å²) in [5.41, 5.74) is 5.42. The lowest BCUT2D eigenvalue weighted by molar-refractivity contribution is -0.0117. The summed E-state index contributed by atoms with van der Waals surface area (Å²) in [6.07, 6.45) is 0.217. The molecular weight excluding hydrogens is 214 g/mol. The molecule has 0 aliphatic carbocycles. The van der Waals surface area contributed by atoms with Gasteiger partial charge < -0.3 is 20.7 Å². The van der Waals surface area contributed by atoms with Crippen LogP contribution in [-0.2, 0) is 4.74 Å². The first-order valence-corrected chi connectivity index (χ1v) is 5.64. The molecular formula is C8H15N5OS. The smallest absolute Gasteiger partial charge is 0.233 e. The number of nitrogen functional groups attached to an aromatic ring is 1. The molecule has 0 radical (unpaired) electrons. The highest BCUT2D eigenvalue weighted by molar-refractivity contribution is 7.09. The maximum Gasteiger partial charge on any atom is 0.233 e. The molecule has 1 fully saturated rings. The van der Waals surface area contributed by atoms with Gasteiger partial charge in [-0.3, -0.25) is 0 Å². The summed E-state index contributed by atoms with van der Waals surface area (Å²) in [5.74, 6) is 0.323. The molecule has 6 nitrogen and oxygen atoms in total. The van der Waals surface area contributed by atoms with Gasteiger partial charge in [0.05, 0.1) is 12.7 Å². The third-order valence-corrected chi connectivity index (χ3v) is 2.95. The van der Waals surface area contributed by atoms with E-state index in [0.717, 1.165) is 31.4 Å². The molecule has 1 unspecified atom stereocenters. The van der Waals surface area contributed by atoms with Crippen molar-refractivity contribution in [2.45, 2.75) is 6.10 Å². The highest BCUT2D eigenvalue weighted by Crippen LogP contribution is 2.12. The molecule has 7 heteroatoms. The maximum absolute atomic E-state index is 5.60. The van der Waals surface area contributed by atoms with Gasteiger partial charge in [-0.15, -0.1) is 0 Å². The molecule has 1 aliphatic rings. The van der Waals surface area contributed by atoms with Crippen molar-refractivity contribution in [3.05, 3.63) is 0 Å². The van der Waals surface area contributed by atoms with Crippen molar-refractivity contribution in [3.8, 4) is 0 Å². The van der Waals surface area contributed by atoms with Gasteiger partial charge in [0.2, 0.25) is 11.1 Å². The van der Waals surface area contributed by atoms with E-state index < -0.39 is 0 Å². The van der Waals surface area contributed by atoms with Crippen LogP contribution >= 0.6 is 11.5 Å². The van der Waals surface area contributed by atoms with Gasteiger partial charge in [0, 0.05) is 31.2 Å². The second-order valence-corrected chi connectivity index (χ2v) is 4.35. The lowest BCUT2D eigenvalue weighted by Crippen LogP contribution is -2.43. The third kappa shape index (κ3) is 3.01. The summed E-state index contributed by atoms with van der Waals surface area (Å²) in [6, 6.07) is 0. The first-order valence-electron chi connectivity index (χ1n) is 4.87. The Hall–Kier alpha value is -0.920. The molecule has 84 valence electrons. The average molecular weight is 229 g/mol. The van der Waals surface area contributed by atoms with Gasteiger partial charge in [-0.2, -0.15) is 9.36 Å². The van der Waals surface area contributed by atoms with Crippen LogP contribution in [0.3, 0.4) is 0 Å². The fourth-order valence-corrected chi connectivity index (χ4v) is 2.00. The number of nitrogens with two attached hydrogens (primary N) is 1. The predicted molar refractivity (Wildman–Crippen MR) is 60.0 cm³/mol. The van der Waals surface area contributed by atoms with Crippen molar-refractivity contribution in [1.29, 1.82) is 0 Å². The zero-order chi connectivity index (χ0) is 10.7. The van der Waals surface area contributed by atoms with Crippen LogP contribution in [0.15, 0.2) is 0 Å². The molecule has 0 aromatic carbocycles. The lowest BCUT2D eigenvalue weighted by atomic mass is 10.3. The minimum Gasteiger partial charge on any atom is -0.374 e. The van der Waals surface area contributed by atoms with Crippen molar-refractivity contribution < 1.29 is 4.74 Å². The Morgan fingerprint density at radius 2 is 2.60 bits per heavy atom. The van der Waals surface area contributed by atoms with Gasteiger partial charge in [0.1, 0.15) is 0 Å². The number of nitrogens with zero attached hydrogens (tertiary/aromatic N) is 3. The quantitative estimate of drug-likeness (QED) is 0.751. The van der Waals surface area contributed by atoms with Crippen LogP contribution in [0.5, 0.6) is 0 Å². The number of morpholine rings is 1. The largest absolute Gasteiger partial charge is 0.374 e. The third-order valence-electron chi connectivity index (χ3n) is 2.26. The lowest BCUT2D eigenvalue weighted by Gasteiger charge is -2.29. The molecule has 0 amide bonds. The number of rotatable bonds is 3. The number of likely N-dealkylation sites (N-methyl/N-ethyl adjacent to an activating group) is 1. The monoisotopic (exact) mass is 229 g/mol. The van der Waals surface area contributed by atoms with Gasteiger partial charge in [-0.05, 0) is 7.05 Å². The zero-order valence-electron chi connectivity index (χ0n) is 8.64. The highest BCUT2D eigenvalue weighted by Gasteiger charge is 2.17. The van der Waals surface area contributed by atoms with Crippen molar-refractivity contribution in [3.63, 3.8) is 0 Å². The van der Waals surface area contributed by atoms with Crippen LogP contribution in [-0.4, -0.2) is 53.7 Å². The Morgan fingerprint density at radius 1 is 1.73 bits per heavy atom. The van der Waals surface area contributed by atoms with Crippen molar-refractivity contribution in [2.75, 3.05) is 44.3 Å². The first kappa shape index (κ1) is 10.6. The number of anilines is 2. The minimum atomic E-state index is 0.217. The molecule has 1 aromatic heterocycles. The zero-order valence-corrected chi connectivity index (χ0v) is 9.46. The Morgan fingerprint density at radius 3 is 3.27 bits per heavy atom. The van der Waals surface area contributed by atoms with E-state index in [1.165, 1.54) is 11.5 Å². The van der Waals surface area contributed by atoms with E-state index in [1.807, 2.05) is 0 Å². The molecule has 2 rings (SSSR count). The van der Waals surface area contributed by atoms with Crippen molar-refractivity contribution in [2.24, 2.45) is 0 Å². The van der Waals surface area contributed by atoms with Crippen LogP contribution in [0.2, 0.25) is 0 Å². The van der Waals surface area contributed by atoms with Crippen LogP contribution in [0, 0.1) is 0 Å². The summed E-state index contributed by atoms with van der Waals surface area (Å²) in [5, 5.41) is 3.92. The molecule has 15 heavy (non-hydrogen) atoms. The summed E-state index contributed by atoms with van der Waals surface area (Å²) in [6.45, 7) is 3.49. The number of ether oxygens (including phenoxy) is 1. The SMILES string of the molecule is CN1CCOC(CNc2nc(N)ns2)C1. The van der Waals surface area contributed by atoms with Crippen LogP contribution in [0.1, 0.15) is 0 Å². The Kier molecular flexibility index (Phi) is 3.34. The van der Waals surface area contributed by atoms with Crippen molar-refractivity contribution in [1.82, 2.24) is 14.3 Å². The summed E-state index contributed by atoms with van der Waals surface area (Å²) in [7, 11) is 2.10. The molecule has 3 N–H and O–H groups in total. The number of hydrogen-bond donors (Lipinski definition) is 2. The first-order chi connectivity index (χ1) is 7.24. The van der Waals surface area contributed by atoms with E-state index in [0.29, 0.717) is 5.95 Å². The van der Waals surface area contributed by atoms with E-state index >= 15 is 0 Å². The molecule has 0 saturated carbocycles. The Balaban J connectivity index is 1.77. The summed E-state index contributed by atoms with van der Waals surface area (Å²) in [4.78, 5) is 6.27. The fourth-order valence-electron chi connectivity index (χ4n) is 1.50. The number of nitrogens with one attached hydrogen (secondary N) is 1. The average Bonchev–Trinajstić information content (AvgIpc) is 2.62. The second-order valence-electron chi connectivity index (χ2n) is 3.59. The van der Waals surface area contributed by atoms with E-state index in [9.17, 15) is 0 Å². The van der Waals surface area contributed by atoms with E-state index in [2.05, 4.69) is 26.6 Å². The normalized spacial score (nSPS) is 22.9. The van der Waals surface area contributed by atoms with Gasteiger partial charge >= 0.3 is 0 Å². The Bertz CT molecular complexity index is 318. The van der Waals surface area contributed by atoms with Crippen LogP contribution in [0.25, 0.3) is 0 Å². The molecule has 2 heterocycles. The summed E-state index contributed by atoms with van der Waals surface area (Å²) >= 11 is 1.27. The van der Waals surface area contributed by atoms with Crippen LogP contribution in [0.4, 0.5) is 11.1 Å². The maximum atomic E-state index is 5.60. The Labute approximate surface area is 92.6 Å². The topological polar surface area (TPSA) is 76.3 Å². The summed E-state index contributed by atoms with van der Waals surface area (Å²) < 4.78 is 9.49. The molecule has 0 bridgehead atoms. The van der Waals surface area contributed by atoms with Crippen molar-refractivity contribution >= 4 is 22.6 Å². The van der Waals surface area contributed by atoms with E-state index in [1.54, 1.807) is 0 Å². The second kappa shape index (κ2) is 4.73. The highest BCUT2D eigenvalue weighted by atomic mass is 32.1. The molecule has 1 saturated heterocycles. The standard InChI is InChI=1S/C8H15N5OS/c1-13-2-3-14-6(5-13)4-10-8-11-7(9)12-15-8/h6H,2-5H2,1H3,(H3,9,10,11,12). The predicted octanol–water partition coefficient (Wildman–Crippen LogP) is -0.137. The molecule has 0 spiro atoms. The number of hydrogen-bond acceptors (Lipinski definition) is 7. The van der Waals surface area contributed by atoms with E-state index in [-0.39, 0.29) is 6.10 Å². The molecule has 1 atom stereocenters.